The highest BCUT2D eigenvalue weighted by molar-refractivity contribution is 7.80. The molecule has 1 aromatic carbocycles. The average Bonchev–Trinajstić information content (AvgIpc) is 2.52. The molecule has 76 valence electrons. The van der Waals surface area contributed by atoms with Crippen LogP contribution < -0.4 is 0 Å². The molecule has 0 bridgehead atoms. The molecule has 0 saturated carbocycles. The fraction of sp³-hybridized carbons (Fsp3) is 0.182. The topological polar surface area (TPSA) is 37.4 Å². The number of fused-ring (bicyclic) bond motifs is 1. The number of hydrogen-bond donors (Lipinski definition) is 0. The maximum Gasteiger partial charge on any atom is 0.266 e. The van der Waals surface area contributed by atoms with Gasteiger partial charge in [0.25, 0.3) is 5.91 Å². The molecule has 2 rings (SSSR count). The molecule has 1 aromatic rings. The van der Waals surface area contributed by atoms with Crippen molar-refractivity contribution < 1.29 is 9.59 Å². The van der Waals surface area contributed by atoms with E-state index in [-0.39, 0.29) is 18.2 Å². The summed E-state index contributed by atoms with van der Waals surface area (Å²) in [5.41, 5.74) is 1.20. The first-order chi connectivity index (χ1) is 7.16. The predicted octanol–water partition coefficient (Wildman–Crippen LogP) is 1.75. The van der Waals surface area contributed by atoms with Gasteiger partial charge in [0.1, 0.15) is 4.99 Å². The molecule has 0 aromatic heterocycles. The van der Waals surface area contributed by atoms with Gasteiger partial charge in [0.15, 0.2) is 0 Å². The first-order valence-electron chi connectivity index (χ1n) is 4.67. The molecule has 4 heteroatoms. The predicted molar refractivity (Wildman–Crippen MR) is 59.6 cm³/mol. The molecule has 1 aliphatic rings. The standard InChI is InChI=1S/C11H9NO2S/c1-2-9(13)12-10(14)7-5-3-4-6-8(7)11(12)15/h3-6H,2H2,1H3. The van der Waals surface area contributed by atoms with Crippen LogP contribution in [-0.2, 0) is 4.79 Å². The molecule has 0 atom stereocenters. The Balaban J connectivity index is 2.50. The number of benzene rings is 1. The normalized spacial score (nSPS) is 14.3. The van der Waals surface area contributed by atoms with Crippen LogP contribution in [0.2, 0.25) is 0 Å². The highest BCUT2D eigenvalue weighted by atomic mass is 32.1. The largest absolute Gasteiger partial charge is 0.274 e. The lowest BCUT2D eigenvalue weighted by atomic mass is 10.1. The van der Waals surface area contributed by atoms with E-state index in [1.54, 1.807) is 31.2 Å². The third kappa shape index (κ3) is 1.37. The van der Waals surface area contributed by atoms with Crippen molar-refractivity contribution >= 4 is 29.0 Å². The van der Waals surface area contributed by atoms with Gasteiger partial charge in [0.2, 0.25) is 5.91 Å². The van der Waals surface area contributed by atoms with Gasteiger partial charge in [-0.15, -0.1) is 0 Å². The SMILES string of the molecule is CCC(=O)N1C(=O)c2ccccc2C1=S. The van der Waals surface area contributed by atoms with Crippen LogP contribution in [0, 0.1) is 0 Å². The summed E-state index contributed by atoms with van der Waals surface area (Å²) in [7, 11) is 0. The van der Waals surface area contributed by atoms with Crippen molar-refractivity contribution in [2.24, 2.45) is 0 Å². The summed E-state index contributed by atoms with van der Waals surface area (Å²) < 4.78 is 0. The number of carbonyl (C=O) groups excluding carboxylic acids is 2. The molecule has 0 saturated heterocycles. The minimum Gasteiger partial charge on any atom is -0.274 e. The van der Waals surface area contributed by atoms with E-state index in [1.807, 2.05) is 0 Å². The van der Waals surface area contributed by atoms with Crippen LogP contribution in [0.4, 0.5) is 0 Å². The van der Waals surface area contributed by atoms with E-state index in [0.29, 0.717) is 16.1 Å². The lowest BCUT2D eigenvalue weighted by molar-refractivity contribution is -0.124. The number of hydrogen-bond acceptors (Lipinski definition) is 3. The molecular weight excluding hydrogens is 210 g/mol. The Labute approximate surface area is 92.7 Å². The molecular formula is C11H9NO2S. The summed E-state index contributed by atoms with van der Waals surface area (Å²) in [6, 6.07) is 7.02. The van der Waals surface area contributed by atoms with Crippen molar-refractivity contribution in [3.05, 3.63) is 35.4 Å². The highest BCUT2D eigenvalue weighted by Crippen LogP contribution is 2.23. The van der Waals surface area contributed by atoms with Gasteiger partial charge in [-0.05, 0) is 6.07 Å². The Kier molecular flexibility index (Phi) is 2.36. The zero-order chi connectivity index (χ0) is 11.0. The molecule has 1 heterocycles. The molecule has 0 radical (unpaired) electrons. The van der Waals surface area contributed by atoms with E-state index in [9.17, 15) is 9.59 Å². The molecule has 1 aliphatic heterocycles. The third-order valence-corrected chi connectivity index (χ3v) is 2.75. The summed E-state index contributed by atoms with van der Waals surface area (Å²) in [6.45, 7) is 1.71. The summed E-state index contributed by atoms with van der Waals surface area (Å²) in [6.07, 6.45) is 0.278. The summed E-state index contributed by atoms with van der Waals surface area (Å²) >= 11 is 5.10. The Bertz CT molecular complexity index is 432. The summed E-state index contributed by atoms with van der Waals surface area (Å²) in [4.78, 5) is 24.8. The van der Waals surface area contributed by atoms with E-state index in [0.717, 1.165) is 4.90 Å². The van der Waals surface area contributed by atoms with E-state index < -0.39 is 0 Å². The monoisotopic (exact) mass is 219 g/mol. The molecule has 2 amide bonds. The van der Waals surface area contributed by atoms with Crippen LogP contribution in [0.1, 0.15) is 29.3 Å². The number of rotatable bonds is 1. The second-order valence-corrected chi connectivity index (χ2v) is 3.63. The van der Waals surface area contributed by atoms with Crippen molar-refractivity contribution in [2.75, 3.05) is 0 Å². The van der Waals surface area contributed by atoms with E-state index >= 15 is 0 Å². The Morgan fingerprint density at radius 2 is 1.93 bits per heavy atom. The van der Waals surface area contributed by atoms with Crippen LogP contribution in [0.15, 0.2) is 24.3 Å². The highest BCUT2D eigenvalue weighted by Gasteiger charge is 2.35. The van der Waals surface area contributed by atoms with Gasteiger partial charge in [-0.1, -0.05) is 37.3 Å². The summed E-state index contributed by atoms with van der Waals surface area (Å²) in [5, 5.41) is 0. The Hall–Kier alpha value is -1.55. The van der Waals surface area contributed by atoms with Gasteiger partial charge in [-0.25, -0.2) is 4.90 Å². The molecule has 0 aliphatic carbocycles. The number of carbonyl (C=O) groups is 2. The van der Waals surface area contributed by atoms with Crippen LogP contribution in [0.25, 0.3) is 0 Å². The maximum atomic E-state index is 11.8. The molecule has 0 fully saturated rings. The first kappa shape index (κ1) is 9.98. The Morgan fingerprint density at radius 1 is 1.33 bits per heavy atom. The van der Waals surface area contributed by atoms with Gasteiger partial charge in [0, 0.05) is 12.0 Å². The summed E-state index contributed by atoms with van der Waals surface area (Å²) in [5.74, 6) is -0.552. The second kappa shape index (κ2) is 3.55. The van der Waals surface area contributed by atoms with Crippen molar-refractivity contribution in [3.8, 4) is 0 Å². The molecule has 0 unspecified atom stereocenters. The molecule has 0 N–H and O–H groups in total. The number of amides is 2. The van der Waals surface area contributed by atoms with Gasteiger partial charge in [-0.3, -0.25) is 9.59 Å². The fourth-order valence-electron chi connectivity index (χ4n) is 1.57. The minimum absolute atomic E-state index is 0.249. The minimum atomic E-state index is -0.303. The van der Waals surface area contributed by atoms with Crippen LogP contribution >= 0.6 is 12.2 Å². The molecule has 0 spiro atoms. The van der Waals surface area contributed by atoms with Crippen molar-refractivity contribution in [1.29, 1.82) is 0 Å². The number of imide groups is 1. The maximum absolute atomic E-state index is 11.8. The van der Waals surface area contributed by atoms with Crippen LogP contribution in [-0.4, -0.2) is 21.7 Å². The zero-order valence-electron chi connectivity index (χ0n) is 8.19. The lowest BCUT2D eigenvalue weighted by Gasteiger charge is -2.11. The lowest BCUT2D eigenvalue weighted by Crippen LogP contribution is -2.34. The van der Waals surface area contributed by atoms with Crippen molar-refractivity contribution in [3.63, 3.8) is 0 Å². The smallest absolute Gasteiger partial charge is 0.266 e. The van der Waals surface area contributed by atoms with Gasteiger partial charge >= 0.3 is 0 Å². The van der Waals surface area contributed by atoms with Gasteiger partial charge in [-0.2, -0.15) is 0 Å². The molecule has 15 heavy (non-hydrogen) atoms. The van der Waals surface area contributed by atoms with E-state index in [4.69, 9.17) is 12.2 Å². The van der Waals surface area contributed by atoms with E-state index in [1.165, 1.54) is 0 Å². The van der Waals surface area contributed by atoms with Crippen LogP contribution in [0.3, 0.4) is 0 Å². The second-order valence-electron chi connectivity index (χ2n) is 3.24. The quantitative estimate of drug-likeness (QED) is 0.675. The Morgan fingerprint density at radius 3 is 2.47 bits per heavy atom. The van der Waals surface area contributed by atoms with Crippen molar-refractivity contribution in [2.45, 2.75) is 13.3 Å². The van der Waals surface area contributed by atoms with E-state index in [2.05, 4.69) is 0 Å². The van der Waals surface area contributed by atoms with Crippen molar-refractivity contribution in [1.82, 2.24) is 4.90 Å². The first-order valence-corrected chi connectivity index (χ1v) is 5.08. The van der Waals surface area contributed by atoms with Crippen LogP contribution in [0.5, 0.6) is 0 Å². The molecule has 3 nitrogen and oxygen atoms in total. The average molecular weight is 219 g/mol. The fourth-order valence-corrected chi connectivity index (χ4v) is 1.94. The third-order valence-electron chi connectivity index (χ3n) is 2.35. The number of thiocarbonyl (C=S) groups is 1. The van der Waals surface area contributed by atoms with Gasteiger partial charge < -0.3 is 0 Å². The number of nitrogens with zero attached hydrogens (tertiary/aromatic N) is 1. The van der Waals surface area contributed by atoms with Gasteiger partial charge in [0.05, 0.1) is 5.56 Å². The zero-order valence-corrected chi connectivity index (χ0v) is 9.00.